The number of fused-ring (bicyclic) bond motifs is 1. The molecule has 0 unspecified atom stereocenters. The van der Waals surface area contributed by atoms with Crippen LogP contribution in [-0.4, -0.2) is 51.9 Å². The quantitative estimate of drug-likeness (QED) is 0.765. The zero-order chi connectivity index (χ0) is 18.5. The molecule has 2 aromatic carbocycles. The summed E-state index contributed by atoms with van der Waals surface area (Å²) in [4.78, 5) is 8.92. The fourth-order valence-corrected chi connectivity index (χ4v) is 3.19. The standard InChI is InChI=1S/C21H25BrN4/c1-25(2)10-11-26(3)20-8-6-19(7-9-20)24-15-17-14-23-13-16-4-5-18(22)12-21(16)17/h4-9,12-13,15,24H,10-11,14H2,1-3H3/b17-15+. The lowest BCUT2D eigenvalue weighted by Crippen LogP contribution is -2.28. The van der Waals surface area contributed by atoms with Crippen LogP contribution in [0.4, 0.5) is 11.4 Å². The van der Waals surface area contributed by atoms with E-state index in [4.69, 9.17) is 0 Å². The maximum Gasteiger partial charge on any atom is 0.0660 e. The average Bonchev–Trinajstić information content (AvgIpc) is 2.64. The Kier molecular flexibility index (Phi) is 6.12. The van der Waals surface area contributed by atoms with Crippen LogP contribution < -0.4 is 10.2 Å². The molecule has 0 saturated heterocycles. The lowest BCUT2D eigenvalue weighted by atomic mass is 9.99. The van der Waals surface area contributed by atoms with Gasteiger partial charge < -0.3 is 15.1 Å². The van der Waals surface area contributed by atoms with Gasteiger partial charge in [0.1, 0.15) is 0 Å². The molecule has 0 spiro atoms. The molecule has 0 bridgehead atoms. The van der Waals surface area contributed by atoms with Gasteiger partial charge in [0.2, 0.25) is 0 Å². The molecule has 1 aliphatic rings. The molecule has 0 amide bonds. The van der Waals surface area contributed by atoms with Gasteiger partial charge in [-0.25, -0.2) is 0 Å². The van der Waals surface area contributed by atoms with Crippen LogP contribution in [0.5, 0.6) is 0 Å². The van der Waals surface area contributed by atoms with Crippen molar-refractivity contribution < 1.29 is 0 Å². The van der Waals surface area contributed by atoms with Crippen LogP contribution in [0.1, 0.15) is 11.1 Å². The first-order valence-electron chi connectivity index (χ1n) is 8.74. The topological polar surface area (TPSA) is 30.9 Å². The van der Waals surface area contributed by atoms with Crippen LogP contribution in [0.25, 0.3) is 5.57 Å². The number of hydrogen-bond acceptors (Lipinski definition) is 4. The molecule has 5 heteroatoms. The van der Waals surface area contributed by atoms with E-state index in [9.17, 15) is 0 Å². The summed E-state index contributed by atoms with van der Waals surface area (Å²) in [5.41, 5.74) is 5.87. The number of hydrogen-bond donors (Lipinski definition) is 1. The Morgan fingerprint density at radius 3 is 2.58 bits per heavy atom. The van der Waals surface area contributed by atoms with E-state index in [-0.39, 0.29) is 0 Å². The second kappa shape index (κ2) is 8.52. The molecule has 1 heterocycles. The number of halogens is 1. The summed E-state index contributed by atoms with van der Waals surface area (Å²) in [6.45, 7) is 2.74. The number of nitrogens with zero attached hydrogens (tertiary/aromatic N) is 3. The third-order valence-corrected chi connectivity index (χ3v) is 4.95. The molecular formula is C21H25BrN4. The molecule has 3 rings (SSSR count). The second-order valence-electron chi connectivity index (χ2n) is 6.79. The minimum atomic E-state index is 0.696. The molecule has 0 radical (unpaired) electrons. The van der Waals surface area contributed by atoms with Gasteiger partial charge in [-0.2, -0.15) is 0 Å². The first kappa shape index (κ1) is 18.7. The molecule has 0 aromatic heterocycles. The smallest absolute Gasteiger partial charge is 0.0660 e. The highest BCUT2D eigenvalue weighted by atomic mass is 79.9. The number of likely N-dealkylation sites (N-methyl/N-ethyl adjacent to an activating group) is 2. The highest BCUT2D eigenvalue weighted by Gasteiger charge is 2.11. The van der Waals surface area contributed by atoms with Crippen molar-refractivity contribution >= 4 is 39.1 Å². The van der Waals surface area contributed by atoms with E-state index < -0.39 is 0 Å². The Labute approximate surface area is 164 Å². The summed E-state index contributed by atoms with van der Waals surface area (Å²) in [7, 11) is 6.32. The maximum absolute atomic E-state index is 4.45. The third kappa shape index (κ3) is 4.74. The van der Waals surface area contributed by atoms with Crippen molar-refractivity contribution in [3.8, 4) is 0 Å². The van der Waals surface area contributed by atoms with E-state index >= 15 is 0 Å². The number of benzene rings is 2. The normalized spacial score (nSPS) is 14.6. The molecule has 4 nitrogen and oxygen atoms in total. The Morgan fingerprint density at radius 2 is 1.85 bits per heavy atom. The highest BCUT2D eigenvalue weighted by Crippen LogP contribution is 2.26. The van der Waals surface area contributed by atoms with Gasteiger partial charge in [-0.05, 0) is 67.2 Å². The van der Waals surface area contributed by atoms with Crippen LogP contribution in [0.2, 0.25) is 0 Å². The summed E-state index contributed by atoms with van der Waals surface area (Å²) in [5.74, 6) is 0. The Morgan fingerprint density at radius 1 is 1.08 bits per heavy atom. The molecule has 26 heavy (non-hydrogen) atoms. The number of rotatable bonds is 6. The monoisotopic (exact) mass is 412 g/mol. The van der Waals surface area contributed by atoms with Crippen LogP contribution in [0.3, 0.4) is 0 Å². The fraction of sp³-hybridized carbons (Fsp3) is 0.286. The average molecular weight is 413 g/mol. The first-order chi connectivity index (χ1) is 12.5. The zero-order valence-electron chi connectivity index (χ0n) is 15.5. The number of anilines is 2. The predicted molar refractivity (Wildman–Crippen MR) is 116 cm³/mol. The molecule has 0 saturated carbocycles. The largest absolute Gasteiger partial charge is 0.373 e. The minimum absolute atomic E-state index is 0.696. The Bertz CT molecular complexity index is 809. The molecule has 1 N–H and O–H groups in total. The number of nitrogens with one attached hydrogen (secondary N) is 1. The number of aliphatic imine (C=N–C) groups is 1. The summed E-state index contributed by atoms with van der Waals surface area (Å²) in [6, 6.07) is 14.8. The van der Waals surface area contributed by atoms with Gasteiger partial charge in [-0.15, -0.1) is 0 Å². The summed E-state index contributed by atoms with van der Waals surface area (Å²) >= 11 is 3.56. The van der Waals surface area contributed by atoms with Gasteiger partial charge >= 0.3 is 0 Å². The predicted octanol–water partition coefficient (Wildman–Crippen LogP) is 4.33. The third-order valence-electron chi connectivity index (χ3n) is 4.46. The molecule has 136 valence electrons. The fourth-order valence-electron chi connectivity index (χ4n) is 2.83. The van der Waals surface area contributed by atoms with Crippen molar-refractivity contribution in [1.82, 2.24) is 4.90 Å². The van der Waals surface area contributed by atoms with E-state index in [1.807, 2.05) is 12.3 Å². The van der Waals surface area contributed by atoms with Crippen molar-refractivity contribution in [3.05, 3.63) is 64.3 Å². The SMILES string of the molecule is CN(C)CCN(C)c1ccc(N/C=C2\CN=Cc3ccc(Br)cc32)cc1. The van der Waals surface area contributed by atoms with Gasteiger partial charge in [0.25, 0.3) is 0 Å². The summed E-state index contributed by atoms with van der Waals surface area (Å²) in [6.07, 6.45) is 4.00. The van der Waals surface area contributed by atoms with Crippen molar-refractivity contribution in [3.63, 3.8) is 0 Å². The zero-order valence-corrected chi connectivity index (χ0v) is 17.1. The van der Waals surface area contributed by atoms with Crippen molar-refractivity contribution in [2.24, 2.45) is 4.99 Å². The van der Waals surface area contributed by atoms with E-state index in [1.54, 1.807) is 0 Å². The van der Waals surface area contributed by atoms with E-state index in [0.717, 1.165) is 28.8 Å². The molecule has 0 aliphatic carbocycles. The van der Waals surface area contributed by atoms with Gasteiger partial charge in [0.15, 0.2) is 0 Å². The van der Waals surface area contributed by atoms with Crippen molar-refractivity contribution in [2.75, 3.05) is 51.0 Å². The highest BCUT2D eigenvalue weighted by molar-refractivity contribution is 9.10. The van der Waals surface area contributed by atoms with Crippen LogP contribution >= 0.6 is 15.9 Å². The van der Waals surface area contributed by atoms with E-state index in [1.165, 1.54) is 16.8 Å². The van der Waals surface area contributed by atoms with Gasteiger partial charge in [-0.1, -0.05) is 22.0 Å². The first-order valence-corrected chi connectivity index (χ1v) is 9.53. The van der Waals surface area contributed by atoms with Crippen LogP contribution in [0.15, 0.2) is 58.1 Å². The summed E-state index contributed by atoms with van der Waals surface area (Å²) in [5, 5.41) is 3.41. The van der Waals surface area contributed by atoms with Gasteiger partial charge in [0.05, 0.1) is 6.54 Å². The Hall–Kier alpha value is -2.11. The minimum Gasteiger partial charge on any atom is -0.373 e. The van der Waals surface area contributed by atoms with E-state index in [0.29, 0.717) is 6.54 Å². The summed E-state index contributed by atoms with van der Waals surface area (Å²) < 4.78 is 1.09. The molecule has 0 atom stereocenters. The van der Waals surface area contributed by atoms with E-state index in [2.05, 4.69) is 99.8 Å². The lowest BCUT2D eigenvalue weighted by Gasteiger charge is -2.21. The maximum atomic E-state index is 4.45. The molecule has 1 aliphatic heterocycles. The van der Waals surface area contributed by atoms with Crippen LogP contribution in [-0.2, 0) is 0 Å². The molecule has 2 aromatic rings. The molecular weight excluding hydrogens is 388 g/mol. The molecule has 0 fully saturated rings. The lowest BCUT2D eigenvalue weighted by molar-refractivity contribution is 0.416. The second-order valence-corrected chi connectivity index (χ2v) is 7.70. The van der Waals surface area contributed by atoms with Crippen LogP contribution in [0, 0.1) is 0 Å². The van der Waals surface area contributed by atoms with Crippen molar-refractivity contribution in [2.45, 2.75) is 0 Å². The van der Waals surface area contributed by atoms with Gasteiger partial charge in [-0.3, -0.25) is 4.99 Å². The van der Waals surface area contributed by atoms with Crippen molar-refractivity contribution in [1.29, 1.82) is 0 Å². The Balaban J connectivity index is 1.68. The van der Waals surface area contributed by atoms with Gasteiger partial charge in [0, 0.05) is 48.4 Å².